The molecule has 0 saturated carbocycles. The smallest absolute Gasteiger partial charge is 0.270 e. The van der Waals surface area contributed by atoms with Gasteiger partial charge in [-0.1, -0.05) is 71.5 Å². The van der Waals surface area contributed by atoms with Gasteiger partial charge in [0.15, 0.2) is 4.32 Å². The number of anilines is 1. The van der Waals surface area contributed by atoms with Gasteiger partial charge in [0.2, 0.25) is 0 Å². The van der Waals surface area contributed by atoms with Crippen molar-refractivity contribution in [1.29, 1.82) is 0 Å². The number of thioether (sulfide) groups is 1. The Kier molecular flexibility index (Phi) is 7.42. The number of aryl methyl sites for hydroxylation is 1. The second-order valence-corrected chi connectivity index (χ2v) is 10.8. The fourth-order valence-electron chi connectivity index (χ4n) is 3.10. The number of nitrogens with zero attached hydrogens (tertiary/aromatic N) is 1. The van der Waals surface area contributed by atoms with E-state index in [1.54, 1.807) is 4.90 Å². The third-order valence-electron chi connectivity index (χ3n) is 4.73. The number of rotatable bonds is 5. The molecule has 0 unspecified atom stereocenters. The molecule has 1 heterocycles. The van der Waals surface area contributed by atoms with Crippen LogP contribution in [0.2, 0.25) is 5.02 Å². The number of hydrogen-bond donors (Lipinski definition) is 0. The van der Waals surface area contributed by atoms with Crippen LogP contribution in [0.15, 0.2) is 74.5 Å². The Hall–Kier alpha value is -1.64. The summed E-state index contributed by atoms with van der Waals surface area (Å²) >= 11 is 20.1. The molecule has 1 aliphatic heterocycles. The zero-order valence-electron chi connectivity index (χ0n) is 16.8. The molecule has 4 rings (SSSR count). The van der Waals surface area contributed by atoms with Crippen LogP contribution in [0.25, 0.3) is 6.08 Å². The number of carbonyl (C=O) groups excluding carboxylic acids is 1. The van der Waals surface area contributed by atoms with E-state index in [0.717, 1.165) is 31.3 Å². The summed E-state index contributed by atoms with van der Waals surface area (Å²) in [6, 6.07) is 19.1. The van der Waals surface area contributed by atoms with Gasteiger partial charge in [-0.05, 0) is 80.8 Å². The molecule has 3 nitrogen and oxygen atoms in total. The molecule has 0 spiro atoms. The molecule has 32 heavy (non-hydrogen) atoms. The quantitative estimate of drug-likeness (QED) is 0.216. The monoisotopic (exact) mass is 607 g/mol. The maximum atomic E-state index is 13.0. The summed E-state index contributed by atoms with van der Waals surface area (Å²) in [5, 5.41) is 0.659. The van der Waals surface area contributed by atoms with Crippen LogP contribution >= 0.6 is 67.4 Å². The zero-order chi connectivity index (χ0) is 22.8. The molecule has 162 valence electrons. The van der Waals surface area contributed by atoms with Crippen molar-refractivity contribution in [3.63, 3.8) is 0 Å². The highest BCUT2D eigenvalue weighted by Gasteiger charge is 2.33. The van der Waals surface area contributed by atoms with E-state index in [-0.39, 0.29) is 5.91 Å². The Balaban J connectivity index is 1.55. The van der Waals surface area contributed by atoms with Crippen molar-refractivity contribution in [2.24, 2.45) is 0 Å². The van der Waals surface area contributed by atoms with Gasteiger partial charge in [0.05, 0.1) is 19.5 Å². The van der Waals surface area contributed by atoms with Crippen LogP contribution in [-0.2, 0) is 11.4 Å². The van der Waals surface area contributed by atoms with Gasteiger partial charge in [0, 0.05) is 10.6 Å². The van der Waals surface area contributed by atoms with E-state index < -0.39 is 0 Å². The predicted molar refractivity (Wildman–Crippen MR) is 144 cm³/mol. The molecule has 3 aromatic rings. The van der Waals surface area contributed by atoms with Crippen molar-refractivity contribution in [3.8, 4) is 5.75 Å². The Bertz CT molecular complexity index is 1220. The van der Waals surface area contributed by atoms with E-state index in [1.807, 2.05) is 73.7 Å². The van der Waals surface area contributed by atoms with E-state index in [0.29, 0.717) is 26.6 Å². The van der Waals surface area contributed by atoms with E-state index in [4.69, 9.17) is 28.6 Å². The normalized spacial score (nSPS) is 15.0. The van der Waals surface area contributed by atoms with Crippen LogP contribution in [0.1, 0.15) is 16.7 Å². The lowest BCUT2D eigenvalue weighted by molar-refractivity contribution is -0.113. The fourth-order valence-corrected chi connectivity index (χ4v) is 6.04. The highest BCUT2D eigenvalue weighted by Crippen LogP contribution is 2.39. The minimum atomic E-state index is -0.129. The highest BCUT2D eigenvalue weighted by molar-refractivity contribution is 9.11. The predicted octanol–water partition coefficient (Wildman–Crippen LogP) is 8.16. The van der Waals surface area contributed by atoms with Crippen LogP contribution in [0.5, 0.6) is 5.75 Å². The molecule has 0 N–H and O–H groups in total. The number of amides is 1. The topological polar surface area (TPSA) is 29.5 Å². The van der Waals surface area contributed by atoms with Gasteiger partial charge < -0.3 is 4.74 Å². The zero-order valence-corrected chi connectivity index (χ0v) is 22.3. The Morgan fingerprint density at radius 1 is 1.09 bits per heavy atom. The lowest BCUT2D eigenvalue weighted by Crippen LogP contribution is -2.27. The molecule has 0 aromatic heterocycles. The summed E-state index contributed by atoms with van der Waals surface area (Å²) in [7, 11) is 0. The standard InChI is InChI=1S/C24H16Br2ClNO2S2/c1-14-6-8-17(9-7-14)28-23(29)21(32-24(28)31)12-15-10-18(25)22(19(26)11-15)30-13-16-4-2-3-5-20(16)27/h2-12H,13H2,1H3/b21-12-. The second kappa shape index (κ2) is 10.1. The molecule has 0 aliphatic carbocycles. The third kappa shape index (κ3) is 5.13. The molecule has 1 aliphatic rings. The Morgan fingerprint density at radius 2 is 1.75 bits per heavy atom. The Morgan fingerprint density at radius 3 is 2.41 bits per heavy atom. The first-order valence-electron chi connectivity index (χ1n) is 9.53. The molecule has 0 atom stereocenters. The van der Waals surface area contributed by atoms with E-state index >= 15 is 0 Å². The maximum Gasteiger partial charge on any atom is 0.270 e. The summed E-state index contributed by atoms with van der Waals surface area (Å²) in [4.78, 5) is 15.2. The van der Waals surface area contributed by atoms with E-state index in [2.05, 4.69) is 31.9 Å². The number of thiocarbonyl (C=S) groups is 1. The van der Waals surface area contributed by atoms with Gasteiger partial charge in [-0.25, -0.2) is 0 Å². The third-order valence-corrected chi connectivity index (χ3v) is 7.58. The van der Waals surface area contributed by atoms with Crippen LogP contribution in [-0.4, -0.2) is 10.2 Å². The average Bonchev–Trinajstić information content (AvgIpc) is 3.02. The van der Waals surface area contributed by atoms with Crippen molar-refractivity contribution in [3.05, 3.63) is 96.2 Å². The summed E-state index contributed by atoms with van der Waals surface area (Å²) in [5.74, 6) is 0.532. The molecule has 1 saturated heterocycles. The number of benzene rings is 3. The minimum absolute atomic E-state index is 0.129. The van der Waals surface area contributed by atoms with E-state index in [1.165, 1.54) is 11.8 Å². The minimum Gasteiger partial charge on any atom is -0.486 e. The Labute approximate surface area is 218 Å². The lowest BCUT2D eigenvalue weighted by atomic mass is 10.2. The first-order chi connectivity index (χ1) is 15.3. The molecule has 1 amide bonds. The van der Waals surface area contributed by atoms with Crippen LogP contribution in [0, 0.1) is 6.92 Å². The molecular formula is C24H16Br2ClNO2S2. The van der Waals surface area contributed by atoms with Gasteiger partial charge in [-0.2, -0.15) is 0 Å². The van der Waals surface area contributed by atoms with Crippen LogP contribution < -0.4 is 9.64 Å². The molecular weight excluding hydrogens is 594 g/mol. The van der Waals surface area contributed by atoms with Gasteiger partial charge >= 0.3 is 0 Å². The van der Waals surface area contributed by atoms with Gasteiger partial charge in [-0.3, -0.25) is 9.69 Å². The van der Waals surface area contributed by atoms with Crippen LogP contribution in [0.3, 0.4) is 0 Å². The first kappa shape index (κ1) is 23.5. The van der Waals surface area contributed by atoms with Crippen molar-refractivity contribution < 1.29 is 9.53 Å². The van der Waals surface area contributed by atoms with Crippen molar-refractivity contribution in [2.45, 2.75) is 13.5 Å². The molecule has 3 aromatic carbocycles. The molecule has 0 bridgehead atoms. The molecule has 0 radical (unpaired) electrons. The lowest BCUT2D eigenvalue weighted by Gasteiger charge is -2.14. The maximum absolute atomic E-state index is 13.0. The fraction of sp³-hybridized carbons (Fsp3) is 0.0833. The number of halogens is 3. The highest BCUT2D eigenvalue weighted by atomic mass is 79.9. The second-order valence-electron chi connectivity index (χ2n) is 7.05. The SMILES string of the molecule is Cc1ccc(N2C(=O)/C(=C/c3cc(Br)c(OCc4ccccc4Cl)c(Br)c3)SC2=S)cc1. The number of carbonyl (C=O) groups is 1. The van der Waals surface area contributed by atoms with Gasteiger partial charge in [0.1, 0.15) is 12.4 Å². The van der Waals surface area contributed by atoms with Crippen LogP contribution in [0.4, 0.5) is 5.69 Å². The van der Waals surface area contributed by atoms with E-state index in [9.17, 15) is 4.79 Å². The van der Waals surface area contributed by atoms with Gasteiger partial charge in [-0.15, -0.1) is 0 Å². The summed E-state index contributed by atoms with van der Waals surface area (Å²) < 4.78 is 8.02. The van der Waals surface area contributed by atoms with Crippen molar-refractivity contribution >= 4 is 89.4 Å². The largest absolute Gasteiger partial charge is 0.486 e. The van der Waals surface area contributed by atoms with Gasteiger partial charge in [0.25, 0.3) is 5.91 Å². The summed E-state index contributed by atoms with van der Waals surface area (Å²) in [6.45, 7) is 2.34. The molecule has 8 heteroatoms. The summed E-state index contributed by atoms with van der Waals surface area (Å²) in [5.41, 5.74) is 3.64. The average molecular weight is 610 g/mol. The number of hydrogen-bond acceptors (Lipinski definition) is 4. The van der Waals surface area contributed by atoms with Crippen molar-refractivity contribution in [1.82, 2.24) is 0 Å². The van der Waals surface area contributed by atoms with Crippen molar-refractivity contribution in [2.75, 3.05) is 4.90 Å². The number of ether oxygens (including phenoxy) is 1. The first-order valence-corrected chi connectivity index (χ1v) is 12.7. The summed E-state index contributed by atoms with van der Waals surface area (Å²) in [6.07, 6.45) is 1.83. The molecule has 1 fully saturated rings.